The van der Waals surface area contributed by atoms with E-state index in [0.717, 1.165) is 0 Å². The standard InChI is InChI=1S/C14H12Cl2FN5/c1-22-12(18)6-2-5-9(20-13(6)21-14(22)19)10-7(15)3-4-8(17)11(10)16/h2-5,12H,18H2,1H3,(H2,19,20,21). The van der Waals surface area contributed by atoms with E-state index in [1.165, 1.54) is 12.1 Å². The van der Waals surface area contributed by atoms with E-state index in [-0.39, 0.29) is 11.0 Å². The summed E-state index contributed by atoms with van der Waals surface area (Å²) in [4.78, 5) is 10.2. The first-order chi connectivity index (χ1) is 10.4. The number of nitrogens with zero attached hydrogens (tertiary/aromatic N) is 3. The summed E-state index contributed by atoms with van der Waals surface area (Å²) in [5.41, 5.74) is 13.3. The van der Waals surface area contributed by atoms with Gasteiger partial charge in [0.05, 0.1) is 15.7 Å². The van der Waals surface area contributed by atoms with Crippen LogP contribution in [-0.4, -0.2) is 22.9 Å². The highest BCUT2D eigenvalue weighted by Crippen LogP contribution is 2.38. The molecule has 0 saturated heterocycles. The molecule has 5 nitrogen and oxygen atoms in total. The molecule has 22 heavy (non-hydrogen) atoms. The summed E-state index contributed by atoms with van der Waals surface area (Å²) >= 11 is 12.1. The van der Waals surface area contributed by atoms with Gasteiger partial charge < -0.3 is 16.4 Å². The molecule has 1 aromatic heterocycles. The SMILES string of the molecule is CN1C(N)=Nc2nc(-c3c(Cl)ccc(F)c3Cl)ccc2C1N. The molecule has 0 spiro atoms. The number of hydrogen-bond acceptors (Lipinski definition) is 5. The number of nitrogens with two attached hydrogens (primary N) is 2. The van der Waals surface area contributed by atoms with Crippen LogP contribution in [0, 0.1) is 5.82 Å². The monoisotopic (exact) mass is 339 g/mol. The molecule has 1 aromatic carbocycles. The summed E-state index contributed by atoms with van der Waals surface area (Å²) in [6, 6.07) is 6.06. The summed E-state index contributed by atoms with van der Waals surface area (Å²) < 4.78 is 13.7. The molecule has 0 radical (unpaired) electrons. The van der Waals surface area contributed by atoms with Gasteiger partial charge in [-0.15, -0.1) is 0 Å². The normalized spacial score (nSPS) is 17.2. The lowest BCUT2D eigenvalue weighted by Gasteiger charge is -2.30. The van der Waals surface area contributed by atoms with Gasteiger partial charge in [0.2, 0.25) is 0 Å². The summed E-state index contributed by atoms with van der Waals surface area (Å²) in [7, 11) is 1.74. The third-order valence-electron chi connectivity index (χ3n) is 3.52. The first kappa shape index (κ1) is 15.0. The largest absolute Gasteiger partial charge is 0.369 e. The molecular formula is C14H12Cl2FN5. The third-order valence-corrected chi connectivity index (χ3v) is 4.21. The Morgan fingerprint density at radius 2 is 1.95 bits per heavy atom. The summed E-state index contributed by atoms with van der Waals surface area (Å²) in [5, 5.41) is 0.210. The molecule has 8 heteroatoms. The van der Waals surface area contributed by atoms with Gasteiger partial charge in [-0.1, -0.05) is 23.2 Å². The Morgan fingerprint density at radius 1 is 1.23 bits per heavy atom. The van der Waals surface area contributed by atoms with E-state index in [0.29, 0.717) is 27.7 Å². The van der Waals surface area contributed by atoms with Gasteiger partial charge in [0, 0.05) is 18.2 Å². The van der Waals surface area contributed by atoms with Crippen LogP contribution in [0.5, 0.6) is 0 Å². The van der Waals surface area contributed by atoms with Crippen LogP contribution in [0.3, 0.4) is 0 Å². The van der Waals surface area contributed by atoms with Crippen molar-refractivity contribution in [2.45, 2.75) is 6.17 Å². The third kappa shape index (κ3) is 2.29. The average molecular weight is 340 g/mol. The number of aliphatic imine (C=N–C) groups is 1. The van der Waals surface area contributed by atoms with Gasteiger partial charge in [-0.3, -0.25) is 0 Å². The van der Waals surface area contributed by atoms with Crippen LogP contribution in [0.25, 0.3) is 11.3 Å². The number of hydrogen-bond donors (Lipinski definition) is 2. The van der Waals surface area contributed by atoms with E-state index >= 15 is 0 Å². The fraction of sp³-hybridized carbons (Fsp3) is 0.143. The van der Waals surface area contributed by atoms with Gasteiger partial charge in [-0.2, -0.15) is 4.99 Å². The summed E-state index contributed by atoms with van der Waals surface area (Å²) in [6.07, 6.45) is -0.451. The molecule has 4 N–H and O–H groups in total. The van der Waals surface area contributed by atoms with Crippen LogP contribution in [-0.2, 0) is 0 Å². The van der Waals surface area contributed by atoms with Crippen molar-refractivity contribution >= 4 is 35.0 Å². The van der Waals surface area contributed by atoms with Crippen LogP contribution < -0.4 is 11.5 Å². The van der Waals surface area contributed by atoms with Crippen molar-refractivity contribution in [3.8, 4) is 11.3 Å². The van der Waals surface area contributed by atoms with Crippen molar-refractivity contribution in [3.05, 3.63) is 45.7 Å². The number of pyridine rings is 1. The number of guanidine groups is 1. The van der Waals surface area contributed by atoms with Gasteiger partial charge in [0.15, 0.2) is 11.8 Å². The molecule has 3 rings (SSSR count). The Kier molecular flexibility index (Phi) is 3.68. The lowest BCUT2D eigenvalue weighted by Crippen LogP contribution is -2.43. The fourth-order valence-corrected chi connectivity index (χ4v) is 2.78. The van der Waals surface area contributed by atoms with Crippen LogP contribution in [0.4, 0.5) is 10.2 Å². The van der Waals surface area contributed by atoms with Gasteiger partial charge >= 0.3 is 0 Å². The maximum atomic E-state index is 13.7. The van der Waals surface area contributed by atoms with Crippen LogP contribution >= 0.6 is 23.2 Å². The molecular weight excluding hydrogens is 328 g/mol. The number of aromatic nitrogens is 1. The predicted octanol–water partition coefficient (Wildman–Crippen LogP) is 3.04. The van der Waals surface area contributed by atoms with E-state index < -0.39 is 12.0 Å². The number of fused-ring (bicyclic) bond motifs is 1. The van der Waals surface area contributed by atoms with Gasteiger partial charge in [0.25, 0.3) is 0 Å². The quantitative estimate of drug-likeness (QED) is 0.782. The van der Waals surface area contributed by atoms with Crippen molar-refractivity contribution in [2.75, 3.05) is 7.05 Å². The van der Waals surface area contributed by atoms with E-state index in [4.69, 9.17) is 34.7 Å². The van der Waals surface area contributed by atoms with Crippen molar-refractivity contribution in [3.63, 3.8) is 0 Å². The Hall–Kier alpha value is -1.89. The lowest BCUT2D eigenvalue weighted by molar-refractivity contribution is 0.374. The zero-order valence-electron chi connectivity index (χ0n) is 11.5. The molecule has 2 heterocycles. The highest BCUT2D eigenvalue weighted by atomic mass is 35.5. The molecule has 1 unspecified atom stereocenters. The first-order valence-corrected chi connectivity index (χ1v) is 7.13. The van der Waals surface area contributed by atoms with Crippen molar-refractivity contribution in [1.82, 2.24) is 9.88 Å². The van der Waals surface area contributed by atoms with Gasteiger partial charge in [0.1, 0.15) is 12.0 Å². The second kappa shape index (κ2) is 5.39. The topological polar surface area (TPSA) is 80.5 Å². The highest BCUT2D eigenvalue weighted by Gasteiger charge is 2.25. The van der Waals surface area contributed by atoms with E-state index in [9.17, 15) is 4.39 Å². The minimum absolute atomic E-state index is 0.0888. The molecule has 1 atom stereocenters. The van der Waals surface area contributed by atoms with Crippen LogP contribution in [0.1, 0.15) is 11.7 Å². The van der Waals surface area contributed by atoms with Gasteiger partial charge in [-0.25, -0.2) is 9.37 Å². The van der Waals surface area contributed by atoms with Gasteiger partial charge in [-0.05, 0) is 24.3 Å². The molecule has 1 aliphatic rings. The average Bonchev–Trinajstić information content (AvgIpc) is 2.49. The maximum Gasteiger partial charge on any atom is 0.199 e. The lowest BCUT2D eigenvalue weighted by atomic mass is 10.1. The first-order valence-electron chi connectivity index (χ1n) is 6.37. The van der Waals surface area contributed by atoms with E-state index in [1.807, 2.05) is 0 Å². The Morgan fingerprint density at radius 3 is 2.68 bits per heavy atom. The van der Waals surface area contributed by atoms with Crippen LogP contribution in [0.15, 0.2) is 29.3 Å². The zero-order valence-corrected chi connectivity index (χ0v) is 13.0. The van der Waals surface area contributed by atoms with Crippen LogP contribution in [0.2, 0.25) is 10.0 Å². The molecule has 0 aliphatic carbocycles. The minimum Gasteiger partial charge on any atom is -0.369 e. The molecule has 0 saturated carbocycles. The maximum absolute atomic E-state index is 13.7. The molecule has 0 bridgehead atoms. The van der Waals surface area contributed by atoms with E-state index in [1.54, 1.807) is 24.1 Å². The molecule has 2 aromatic rings. The van der Waals surface area contributed by atoms with Crippen molar-refractivity contribution < 1.29 is 4.39 Å². The van der Waals surface area contributed by atoms with Crippen molar-refractivity contribution in [1.29, 1.82) is 0 Å². The van der Waals surface area contributed by atoms with E-state index in [2.05, 4.69) is 9.98 Å². The zero-order chi connectivity index (χ0) is 16.0. The highest BCUT2D eigenvalue weighted by molar-refractivity contribution is 6.39. The Bertz CT molecular complexity index is 793. The fourth-order valence-electron chi connectivity index (χ4n) is 2.22. The number of benzene rings is 1. The van der Waals surface area contributed by atoms with Crippen molar-refractivity contribution in [2.24, 2.45) is 16.5 Å². The summed E-state index contributed by atoms with van der Waals surface area (Å²) in [6.45, 7) is 0. The molecule has 1 aliphatic heterocycles. The number of halogens is 3. The molecule has 0 fully saturated rings. The Balaban J connectivity index is 2.19. The summed E-state index contributed by atoms with van der Waals surface area (Å²) in [5.74, 6) is 0.0538. The minimum atomic E-state index is -0.569. The molecule has 0 amide bonds. The smallest absolute Gasteiger partial charge is 0.199 e. The predicted molar refractivity (Wildman–Crippen MR) is 85.6 cm³/mol. The molecule has 114 valence electrons. The second-order valence-corrected chi connectivity index (χ2v) is 5.64. The second-order valence-electron chi connectivity index (χ2n) is 4.85. The number of rotatable bonds is 1. The Labute approximate surface area is 136 Å².